The van der Waals surface area contributed by atoms with E-state index < -0.39 is 0 Å². The van der Waals surface area contributed by atoms with Gasteiger partial charge in [0, 0.05) is 0 Å². The predicted molar refractivity (Wildman–Crippen MR) is 59.6 cm³/mol. The standard InChI is InChI=1S/C11H10N4O/c1-7-11-14-12-6-15(11)8-4-3-5-9(16-2)10(8)13-7/h3-6H,1-2H3. The lowest BCUT2D eigenvalue weighted by Crippen LogP contribution is -1.96. The number of hydrogen-bond donors (Lipinski definition) is 0. The highest BCUT2D eigenvalue weighted by molar-refractivity contribution is 5.83. The summed E-state index contributed by atoms with van der Waals surface area (Å²) >= 11 is 0. The Balaban J connectivity index is 2.57. The van der Waals surface area contributed by atoms with Gasteiger partial charge in [0.25, 0.3) is 0 Å². The van der Waals surface area contributed by atoms with E-state index in [1.165, 1.54) is 0 Å². The minimum Gasteiger partial charge on any atom is -0.494 e. The summed E-state index contributed by atoms with van der Waals surface area (Å²) in [7, 11) is 1.64. The molecule has 2 aromatic heterocycles. The number of nitrogens with zero attached hydrogens (tertiary/aromatic N) is 4. The van der Waals surface area contributed by atoms with Crippen molar-refractivity contribution in [2.24, 2.45) is 0 Å². The van der Waals surface area contributed by atoms with Crippen LogP contribution in [0.15, 0.2) is 24.5 Å². The van der Waals surface area contributed by atoms with Crippen LogP contribution in [0.2, 0.25) is 0 Å². The number of para-hydroxylation sites is 1. The van der Waals surface area contributed by atoms with Gasteiger partial charge in [0.2, 0.25) is 0 Å². The lowest BCUT2D eigenvalue weighted by molar-refractivity contribution is 0.418. The van der Waals surface area contributed by atoms with Crippen molar-refractivity contribution in [1.29, 1.82) is 0 Å². The molecular weight excluding hydrogens is 204 g/mol. The first kappa shape index (κ1) is 9.08. The normalized spacial score (nSPS) is 11.1. The molecule has 0 saturated heterocycles. The summed E-state index contributed by atoms with van der Waals surface area (Å²) in [6.45, 7) is 1.91. The Morgan fingerprint density at radius 2 is 2.19 bits per heavy atom. The van der Waals surface area contributed by atoms with Gasteiger partial charge in [-0.25, -0.2) is 4.98 Å². The molecule has 16 heavy (non-hydrogen) atoms. The van der Waals surface area contributed by atoms with E-state index in [0.29, 0.717) is 0 Å². The monoisotopic (exact) mass is 214 g/mol. The molecule has 5 nitrogen and oxygen atoms in total. The third-order valence-corrected chi connectivity index (χ3v) is 2.61. The van der Waals surface area contributed by atoms with Crippen molar-refractivity contribution in [3.63, 3.8) is 0 Å². The molecule has 0 radical (unpaired) electrons. The van der Waals surface area contributed by atoms with Crippen LogP contribution in [0, 0.1) is 6.92 Å². The highest BCUT2D eigenvalue weighted by Gasteiger charge is 2.09. The largest absolute Gasteiger partial charge is 0.494 e. The Kier molecular flexibility index (Phi) is 1.80. The van der Waals surface area contributed by atoms with Crippen LogP contribution < -0.4 is 4.74 Å². The van der Waals surface area contributed by atoms with Crippen molar-refractivity contribution >= 4 is 16.7 Å². The zero-order valence-corrected chi connectivity index (χ0v) is 9.01. The van der Waals surface area contributed by atoms with Crippen LogP contribution in [0.4, 0.5) is 0 Å². The first-order valence-corrected chi connectivity index (χ1v) is 4.94. The summed E-state index contributed by atoms with van der Waals surface area (Å²) in [6.07, 6.45) is 1.69. The Bertz CT molecular complexity index is 674. The SMILES string of the molecule is COc1cccc2c1nc(C)c1nncn12. The molecule has 0 amide bonds. The topological polar surface area (TPSA) is 52.3 Å². The molecule has 0 fully saturated rings. The van der Waals surface area contributed by atoms with Crippen molar-refractivity contribution in [3.05, 3.63) is 30.2 Å². The summed E-state index contributed by atoms with van der Waals surface area (Å²) in [4.78, 5) is 4.50. The smallest absolute Gasteiger partial charge is 0.182 e. The fourth-order valence-electron chi connectivity index (χ4n) is 1.86. The molecule has 0 N–H and O–H groups in total. The molecule has 0 spiro atoms. The number of aryl methyl sites for hydroxylation is 1. The maximum absolute atomic E-state index is 5.29. The van der Waals surface area contributed by atoms with E-state index >= 15 is 0 Å². The van der Waals surface area contributed by atoms with Crippen LogP contribution in [0.3, 0.4) is 0 Å². The van der Waals surface area contributed by atoms with E-state index in [9.17, 15) is 0 Å². The Morgan fingerprint density at radius 3 is 3.00 bits per heavy atom. The van der Waals surface area contributed by atoms with Crippen LogP contribution in [-0.4, -0.2) is 26.7 Å². The van der Waals surface area contributed by atoms with Gasteiger partial charge in [-0.3, -0.25) is 4.40 Å². The molecule has 0 aliphatic carbocycles. The molecule has 80 valence electrons. The third kappa shape index (κ3) is 1.08. The van der Waals surface area contributed by atoms with E-state index in [4.69, 9.17) is 4.74 Å². The first-order chi connectivity index (χ1) is 7.81. The summed E-state index contributed by atoms with van der Waals surface area (Å²) in [6, 6.07) is 5.79. The van der Waals surface area contributed by atoms with Crippen LogP contribution in [0.25, 0.3) is 16.7 Å². The molecule has 3 rings (SSSR count). The molecule has 0 saturated carbocycles. The fourth-order valence-corrected chi connectivity index (χ4v) is 1.86. The molecule has 0 bridgehead atoms. The minimum atomic E-state index is 0.760. The lowest BCUT2D eigenvalue weighted by Gasteiger charge is -2.07. The molecule has 1 aromatic carbocycles. The van der Waals surface area contributed by atoms with Gasteiger partial charge in [-0.1, -0.05) is 6.07 Å². The Morgan fingerprint density at radius 1 is 1.31 bits per heavy atom. The molecular formula is C11H10N4O. The summed E-state index contributed by atoms with van der Waals surface area (Å²) in [5.74, 6) is 0.760. The highest BCUT2D eigenvalue weighted by atomic mass is 16.5. The van der Waals surface area contributed by atoms with Crippen molar-refractivity contribution in [1.82, 2.24) is 19.6 Å². The van der Waals surface area contributed by atoms with E-state index in [2.05, 4.69) is 15.2 Å². The van der Waals surface area contributed by atoms with Gasteiger partial charge < -0.3 is 4.74 Å². The summed E-state index contributed by atoms with van der Waals surface area (Å²) in [5.41, 5.74) is 3.40. The van der Waals surface area contributed by atoms with E-state index in [1.54, 1.807) is 13.4 Å². The zero-order chi connectivity index (χ0) is 11.1. The van der Waals surface area contributed by atoms with Crippen LogP contribution in [-0.2, 0) is 0 Å². The number of benzene rings is 1. The second-order valence-electron chi connectivity index (χ2n) is 3.55. The number of aromatic nitrogens is 4. The first-order valence-electron chi connectivity index (χ1n) is 4.94. The molecule has 0 atom stereocenters. The van der Waals surface area contributed by atoms with Gasteiger partial charge in [-0.2, -0.15) is 0 Å². The van der Waals surface area contributed by atoms with Crippen LogP contribution >= 0.6 is 0 Å². The second kappa shape index (κ2) is 3.16. The maximum atomic E-state index is 5.29. The quantitative estimate of drug-likeness (QED) is 0.617. The summed E-state index contributed by atoms with van der Waals surface area (Å²) < 4.78 is 7.21. The number of fused-ring (bicyclic) bond motifs is 3. The van der Waals surface area contributed by atoms with Crippen LogP contribution in [0.1, 0.15) is 5.69 Å². The fraction of sp³-hybridized carbons (Fsp3) is 0.182. The summed E-state index contributed by atoms with van der Waals surface area (Å²) in [5, 5.41) is 7.93. The molecule has 3 aromatic rings. The second-order valence-corrected chi connectivity index (χ2v) is 3.55. The molecule has 2 heterocycles. The average molecular weight is 214 g/mol. The van der Waals surface area contributed by atoms with Crippen molar-refractivity contribution in [3.8, 4) is 5.75 Å². The maximum Gasteiger partial charge on any atom is 0.182 e. The lowest BCUT2D eigenvalue weighted by atomic mass is 10.2. The zero-order valence-electron chi connectivity index (χ0n) is 9.01. The van der Waals surface area contributed by atoms with Crippen molar-refractivity contribution in [2.45, 2.75) is 6.92 Å². The van der Waals surface area contributed by atoms with E-state index in [-0.39, 0.29) is 0 Å². The number of methoxy groups -OCH3 is 1. The number of hydrogen-bond acceptors (Lipinski definition) is 4. The molecule has 0 aliphatic rings. The van der Waals surface area contributed by atoms with Crippen LogP contribution in [0.5, 0.6) is 5.75 Å². The molecule has 0 unspecified atom stereocenters. The van der Waals surface area contributed by atoms with Gasteiger partial charge in [-0.05, 0) is 19.1 Å². The van der Waals surface area contributed by atoms with Gasteiger partial charge in [-0.15, -0.1) is 10.2 Å². The number of ether oxygens (including phenoxy) is 1. The highest BCUT2D eigenvalue weighted by Crippen LogP contribution is 2.24. The Labute approximate surface area is 91.7 Å². The molecule has 5 heteroatoms. The van der Waals surface area contributed by atoms with Crippen molar-refractivity contribution in [2.75, 3.05) is 7.11 Å². The van der Waals surface area contributed by atoms with Gasteiger partial charge in [0.05, 0.1) is 18.3 Å². The average Bonchev–Trinajstić information content (AvgIpc) is 2.78. The minimum absolute atomic E-state index is 0.760. The predicted octanol–water partition coefficient (Wildman–Crippen LogP) is 1.59. The third-order valence-electron chi connectivity index (χ3n) is 2.61. The van der Waals surface area contributed by atoms with Gasteiger partial charge in [0.1, 0.15) is 17.6 Å². The number of rotatable bonds is 1. The van der Waals surface area contributed by atoms with E-state index in [0.717, 1.165) is 28.1 Å². The van der Waals surface area contributed by atoms with Gasteiger partial charge >= 0.3 is 0 Å². The van der Waals surface area contributed by atoms with E-state index in [1.807, 2.05) is 29.5 Å². The molecule has 0 aliphatic heterocycles. The Hall–Kier alpha value is -2.17. The van der Waals surface area contributed by atoms with Crippen molar-refractivity contribution < 1.29 is 4.74 Å². The van der Waals surface area contributed by atoms with Gasteiger partial charge in [0.15, 0.2) is 5.65 Å².